The Hall–Kier alpha value is -3.61. The quantitative estimate of drug-likeness (QED) is 0.585. The number of rotatable bonds is 5. The van der Waals surface area contributed by atoms with Gasteiger partial charge in [0, 0.05) is 13.6 Å². The van der Waals surface area contributed by atoms with Crippen LogP contribution in [0.25, 0.3) is 11.3 Å². The Morgan fingerprint density at radius 2 is 1.54 bits per heavy atom. The zero-order valence-electron chi connectivity index (χ0n) is 15.8. The fourth-order valence-corrected chi connectivity index (χ4v) is 2.52. The van der Waals surface area contributed by atoms with Crippen LogP contribution in [0, 0.1) is 0 Å². The second-order valence-electron chi connectivity index (χ2n) is 6.03. The summed E-state index contributed by atoms with van der Waals surface area (Å²) in [4.78, 5) is 22.7. The zero-order valence-corrected chi connectivity index (χ0v) is 15.8. The molecule has 0 radical (unpaired) electrons. The van der Waals surface area contributed by atoms with Gasteiger partial charge < -0.3 is 20.1 Å². The molecule has 1 heterocycles. The van der Waals surface area contributed by atoms with Crippen molar-refractivity contribution >= 4 is 17.9 Å². The number of aliphatic carboxylic acids is 2. The molecule has 0 unspecified atom stereocenters. The Labute approximate surface area is 163 Å². The van der Waals surface area contributed by atoms with Crippen molar-refractivity contribution < 1.29 is 19.8 Å². The summed E-state index contributed by atoms with van der Waals surface area (Å²) in [6, 6.07) is 19.0. The van der Waals surface area contributed by atoms with Gasteiger partial charge in [0.25, 0.3) is 0 Å². The van der Waals surface area contributed by atoms with Crippen LogP contribution in [0.1, 0.15) is 18.1 Å². The largest absolute Gasteiger partial charge is 0.473 e. The minimum Gasteiger partial charge on any atom is -0.473 e. The molecule has 0 aliphatic heterocycles. The predicted octanol–water partition coefficient (Wildman–Crippen LogP) is 3.42. The Morgan fingerprint density at radius 1 is 0.964 bits per heavy atom. The lowest BCUT2D eigenvalue weighted by molar-refractivity contribution is -0.159. The lowest BCUT2D eigenvalue weighted by Crippen LogP contribution is -2.09. The highest BCUT2D eigenvalue weighted by molar-refractivity contribution is 6.27. The van der Waals surface area contributed by atoms with Crippen LogP contribution in [-0.4, -0.2) is 31.7 Å². The average Bonchev–Trinajstić information content (AvgIpc) is 3.08. The van der Waals surface area contributed by atoms with Crippen LogP contribution in [0.15, 0.2) is 60.8 Å². The van der Waals surface area contributed by atoms with E-state index in [-0.39, 0.29) is 0 Å². The highest BCUT2D eigenvalue weighted by atomic mass is 16.4. The number of aryl methyl sites for hydroxylation is 1. The molecule has 0 aliphatic carbocycles. The molecule has 7 nitrogen and oxygen atoms in total. The minimum atomic E-state index is -1.82. The third-order valence-electron chi connectivity index (χ3n) is 4.12. The Balaban J connectivity index is 0.000000409. The lowest BCUT2D eigenvalue weighted by atomic mass is 10.1. The Kier molecular flexibility index (Phi) is 7.33. The van der Waals surface area contributed by atoms with Crippen molar-refractivity contribution in [2.45, 2.75) is 19.9 Å². The number of imidazole rings is 1. The van der Waals surface area contributed by atoms with Crippen LogP contribution in [0.4, 0.5) is 5.95 Å². The lowest BCUT2D eigenvalue weighted by Gasteiger charge is -2.09. The molecule has 0 saturated heterocycles. The van der Waals surface area contributed by atoms with Crippen LogP contribution >= 0.6 is 0 Å². The van der Waals surface area contributed by atoms with E-state index in [4.69, 9.17) is 19.8 Å². The molecule has 0 bridgehead atoms. The molecule has 3 aromatic rings. The first-order valence-corrected chi connectivity index (χ1v) is 8.77. The molecule has 146 valence electrons. The fraction of sp³-hybridized carbons (Fsp3) is 0.190. The summed E-state index contributed by atoms with van der Waals surface area (Å²) < 4.78 is 2.09. The van der Waals surface area contributed by atoms with Gasteiger partial charge in [-0.1, -0.05) is 61.5 Å². The van der Waals surface area contributed by atoms with E-state index in [1.165, 1.54) is 16.7 Å². The summed E-state index contributed by atoms with van der Waals surface area (Å²) in [7, 11) is 2.04. The van der Waals surface area contributed by atoms with Crippen molar-refractivity contribution in [1.82, 2.24) is 9.55 Å². The highest BCUT2D eigenvalue weighted by Crippen LogP contribution is 2.21. The molecular formula is C21H23N3O4. The van der Waals surface area contributed by atoms with Crippen molar-refractivity contribution in [2.24, 2.45) is 7.05 Å². The van der Waals surface area contributed by atoms with Crippen molar-refractivity contribution in [1.29, 1.82) is 0 Å². The molecule has 3 rings (SSSR count). The SMILES string of the molecule is CCc1ccc(CNc2ncc(-c3ccccc3)n2C)cc1.O=C(O)C(=O)O. The Morgan fingerprint density at radius 3 is 2.07 bits per heavy atom. The van der Waals surface area contributed by atoms with Crippen LogP contribution in [0.2, 0.25) is 0 Å². The maximum Gasteiger partial charge on any atom is 0.414 e. The van der Waals surface area contributed by atoms with Crippen molar-refractivity contribution in [3.8, 4) is 11.3 Å². The number of benzene rings is 2. The first kappa shape index (κ1) is 20.7. The van der Waals surface area contributed by atoms with E-state index in [0.717, 1.165) is 24.6 Å². The van der Waals surface area contributed by atoms with Gasteiger partial charge in [-0.25, -0.2) is 14.6 Å². The van der Waals surface area contributed by atoms with E-state index in [1.807, 2.05) is 31.4 Å². The summed E-state index contributed by atoms with van der Waals surface area (Å²) in [6.45, 7) is 2.95. The first-order chi connectivity index (χ1) is 13.4. The topological polar surface area (TPSA) is 104 Å². The van der Waals surface area contributed by atoms with Gasteiger partial charge in [-0.3, -0.25) is 0 Å². The summed E-state index contributed by atoms with van der Waals surface area (Å²) in [6.07, 6.45) is 2.99. The third-order valence-corrected chi connectivity index (χ3v) is 4.12. The molecular weight excluding hydrogens is 358 g/mol. The van der Waals surface area contributed by atoms with E-state index < -0.39 is 11.9 Å². The number of hydrogen-bond donors (Lipinski definition) is 3. The maximum atomic E-state index is 9.10. The number of anilines is 1. The minimum absolute atomic E-state index is 0.781. The average molecular weight is 381 g/mol. The van der Waals surface area contributed by atoms with Gasteiger partial charge in [0.2, 0.25) is 5.95 Å². The second-order valence-corrected chi connectivity index (χ2v) is 6.03. The monoisotopic (exact) mass is 381 g/mol. The number of carbonyl (C=O) groups is 2. The standard InChI is InChI=1S/C19H21N3.C2H2O4/c1-3-15-9-11-16(12-10-15)13-20-19-21-14-18(22(19)2)17-7-5-4-6-8-17;3-1(4)2(5)6/h4-12,14H,3,13H2,1-2H3,(H,20,21);(H,3,4)(H,5,6). The molecule has 2 aromatic carbocycles. The van der Waals surface area contributed by atoms with Crippen LogP contribution in [0.3, 0.4) is 0 Å². The molecule has 0 atom stereocenters. The van der Waals surface area contributed by atoms with E-state index in [1.54, 1.807) is 0 Å². The summed E-state index contributed by atoms with van der Waals surface area (Å²) >= 11 is 0. The molecule has 0 spiro atoms. The van der Waals surface area contributed by atoms with Crippen LogP contribution in [0.5, 0.6) is 0 Å². The van der Waals surface area contributed by atoms with Crippen molar-refractivity contribution in [3.05, 3.63) is 71.9 Å². The van der Waals surface area contributed by atoms with E-state index >= 15 is 0 Å². The van der Waals surface area contributed by atoms with E-state index in [2.05, 4.69) is 58.2 Å². The molecule has 3 N–H and O–H groups in total. The van der Waals surface area contributed by atoms with Gasteiger partial charge in [0.1, 0.15) is 0 Å². The summed E-state index contributed by atoms with van der Waals surface area (Å²) in [5, 5.41) is 18.2. The number of carboxylic acids is 2. The molecule has 0 amide bonds. The molecule has 28 heavy (non-hydrogen) atoms. The predicted molar refractivity (Wildman–Crippen MR) is 107 cm³/mol. The second kappa shape index (κ2) is 9.91. The normalized spacial score (nSPS) is 9.93. The summed E-state index contributed by atoms with van der Waals surface area (Å²) in [5.74, 6) is -2.76. The van der Waals surface area contributed by atoms with Gasteiger partial charge in [0.15, 0.2) is 0 Å². The van der Waals surface area contributed by atoms with Gasteiger partial charge in [-0.05, 0) is 23.1 Å². The van der Waals surface area contributed by atoms with Crippen molar-refractivity contribution in [2.75, 3.05) is 5.32 Å². The number of carboxylic acid groups (broad SMARTS) is 2. The summed E-state index contributed by atoms with van der Waals surface area (Å²) in [5.41, 5.74) is 4.93. The molecule has 7 heteroatoms. The molecule has 0 aliphatic rings. The fourth-order valence-electron chi connectivity index (χ4n) is 2.52. The molecule has 1 aromatic heterocycles. The zero-order chi connectivity index (χ0) is 20.5. The third kappa shape index (κ3) is 5.70. The van der Waals surface area contributed by atoms with Gasteiger partial charge in [-0.15, -0.1) is 0 Å². The highest BCUT2D eigenvalue weighted by Gasteiger charge is 2.07. The van der Waals surface area contributed by atoms with Crippen LogP contribution < -0.4 is 5.32 Å². The Bertz CT molecular complexity index is 907. The number of nitrogens with one attached hydrogen (secondary N) is 1. The molecule has 0 saturated carbocycles. The number of aromatic nitrogens is 2. The smallest absolute Gasteiger partial charge is 0.414 e. The van der Waals surface area contributed by atoms with Gasteiger partial charge >= 0.3 is 11.9 Å². The maximum absolute atomic E-state index is 9.10. The van der Waals surface area contributed by atoms with E-state index in [0.29, 0.717) is 0 Å². The number of nitrogens with zero attached hydrogens (tertiary/aromatic N) is 2. The molecule has 0 fully saturated rings. The van der Waals surface area contributed by atoms with Crippen LogP contribution in [-0.2, 0) is 29.6 Å². The van der Waals surface area contributed by atoms with Crippen molar-refractivity contribution in [3.63, 3.8) is 0 Å². The van der Waals surface area contributed by atoms with Gasteiger partial charge in [0.05, 0.1) is 11.9 Å². The first-order valence-electron chi connectivity index (χ1n) is 8.77. The van der Waals surface area contributed by atoms with Gasteiger partial charge in [-0.2, -0.15) is 0 Å². The van der Waals surface area contributed by atoms with E-state index in [9.17, 15) is 0 Å². The number of hydrogen-bond acceptors (Lipinski definition) is 4.